The molecule has 1 saturated heterocycles. The highest BCUT2D eigenvalue weighted by Crippen LogP contribution is 2.21. The third-order valence-electron chi connectivity index (χ3n) is 3.90. The predicted octanol–water partition coefficient (Wildman–Crippen LogP) is 2.13. The minimum absolute atomic E-state index is 0.506. The van der Waals surface area contributed by atoms with Gasteiger partial charge in [-0.05, 0) is 36.8 Å². The van der Waals surface area contributed by atoms with Crippen LogP contribution in [0.5, 0.6) is 0 Å². The molecule has 1 fully saturated rings. The number of aliphatic imine (C=N–C) groups is 1. The summed E-state index contributed by atoms with van der Waals surface area (Å²) in [6, 6.07) is 4.19. The van der Waals surface area contributed by atoms with Crippen molar-refractivity contribution in [3.05, 3.63) is 23.9 Å². The van der Waals surface area contributed by atoms with Crippen LogP contribution in [-0.4, -0.2) is 30.6 Å². The summed E-state index contributed by atoms with van der Waals surface area (Å²) in [6.45, 7) is 8.08. The van der Waals surface area contributed by atoms with Crippen LogP contribution < -0.4 is 16.0 Å². The standard InChI is InChI=1S/C16H27N5/c1-3-8-18-16(17)20-12-14-4-5-15(19-11-14)21-9-6-13(2)7-10-21/h4-5,11,13H,3,6-10,12H2,1-2H3,(H3,17,18,20). The van der Waals surface area contributed by atoms with Crippen molar-refractivity contribution in [3.63, 3.8) is 0 Å². The van der Waals surface area contributed by atoms with E-state index < -0.39 is 0 Å². The van der Waals surface area contributed by atoms with Crippen LogP contribution in [0.25, 0.3) is 0 Å². The van der Waals surface area contributed by atoms with Crippen molar-refractivity contribution in [1.82, 2.24) is 10.3 Å². The molecular formula is C16H27N5. The van der Waals surface area contributed by atoms with Gasteiger partial charge in [-0.15, -0.1) is 0 Å². The van der Waals surface area contributed by atoms with Crippen molar-refractivity contribution >= 4 is 11.8 Å². The number of aromatic nitrogens is 1. The molecule has 1 aliphatic rings. The van der Waals surface area contributed by atoms with E-state index in [0.29, 0.717) is 12.5 Å². The van der Waals surface area contributed by atoms with Crippen molar-refractivity contribution in [2.45, 2.75) is 39.7 Å². The third kappa shape index (κ3) is 4.92. The number of nitrogens with two attached hydrogens (primary N) is 1. The predicted molar refractivity (Wildman–Crippen MR) is 88.5 cm³/mol. The van der Waals surface area contributed by atoms with E-state index in [2.05, 4.69) is 46.2 Å². The monoisotopic (exact) mass is 289 g/mol. The first-order chi connectivity index (χ1) is 10.2. The van der Waals surface area contributed by atoms with Crippen LogP contribution in [-0.2, 0) is 6.54 Å². The van der Waals surface area contributed by atoms with Gasteiger partial charge < -0.3 is 16.0 Å². The molecule has 2 rings (SSSR count). The molecule has 0 atom stereocenters. The first kappa shape index (κ1) is 15.6. The number of nitrogens with one attached hydrogen (secondary N) is 1. The van der Waals surface area contributed by atoms with Gasteiger partial charge >= 0.3 is 0 Å². The number of anilines is 1. The van der Waals surface area contributed by atoms with Gasteiger partial charge in [0.2, 0.25) is 0 Å². The summed E-state index contributed by atoms with van der Waals surface area (Å²) in [5.74, 6) is 2.42. The molecular weight excluding hydrogens is 262 g/mol. The smallest absolute Gasteiger partial charge is 0.188 e. The fourth-order valence-corrected chi connectivity index (χ4v) is 2.42. The van der Waals surface area contributed by atoms with E-state index in [-0.39, 0.29) is 0 Å². The zero-order valence-corrected chi connectivity index (χ0v) is 13.2. The number of nitrogens with zero attached hydrogens (tertiary/aromatic N) is 3. The fraction of sp³-hybridized carbons (Fsp3) is 0.625. The molecule has 3 N–H and O–H groups in total. The maximum atomic E-state index is 5.78. The second-order valence-corrected chi connectivity index (χ2v) is 5.82. The number of hydrogen-bond acceptors (Lipinski definition) is 3. The normalized spacial score (nSPS) is 17.0. The Morgan fingerprint density at radius 2 is 2.19 bits per heavy atom. The van der Waals surface area contributed by atoms with Crippen LogP contribution in [0.3, 0.4) is 0 Å². The van der Waals surface area contributed by atoms with Crippen LogP contribution in [0.15, 0.2) is 23.3 Å². The van der Waals surface area contributed by atoms with E-state index in [1.807, 2.05) is 6.20 Å². The van der Waals surface area contributed by atoms with Crippen molar-refractivity contribution in [1.29, 1.82) is 0 Å². The molecule has 0 radical (unpaired) electrons. The molecule has 0 spiro atoms. The average Bonchev–Trinajstić information content (AvgIpc) is 2.52. The van der Waals surface area contributed by atoms with Crippen molar-refractivity contribution < 1.29 is 0 Å². The topological polar surface area (TPSA) is 66.5 Å². The summed E-state index contributed by atoms with van der Waals surface area (Å²) >= 11 is 0. The lowest BCUT2D eigenvalue weighted by atomic mass is 9.99. The maximum Gasteiger partial charge on any atom is 0.188 e. The molecule has 1 aromatic rings. The summed E-state index contributed by atoms with van der Waals surface area (Å²) in [6.07, 6.45) is 5.46. The van der Waals surface area contributed by atoms with Crippen molar-refractivity contribution in [2.24, 2.45) is 16.6 Å². The fourth-order valence-electron chi connectivity index (χ4n) is 2.42. The van der Waals surface area contributed by atoms with Gasteiger partial charge in [0.25, 0.3) is 0 Å². The zero-order valence-electron chi connectivity index (χ0n) is 13.2. The van der Waals surface area contributed by atoms with Gasteiger partial charge in [0.1, 0.15) is 5.82 Å². The molecule has 0 bridgehead atoms. The largest absolute Gasteiger partial charge is 0.370 e. The lowest BCUT2D eigenvalue weighted by Crippen LogP contribution is -2.33. The second kappa shape index (κ2) is 7.86. The van der Waals surface area contributed by atoms with Gasteiger partial charge in [-0.1, -0.05) is 19.9 Å². The molecule has 0 unspecified atom stereocenters. The third-order valence-corrected chi connectivity index (χ3v) is 3.90. The Hall–Kier alpha value is -1.78. The molecule has 0 saturated carbocycles. The van der Waals surface area contributed by atoms with E-state index in [4.69, 9.17) is 5.73 Å². The van der Waals surface area contributed by atoms with Crippen LogP contribution in [0, 0.1) is 5.92 Å². The number of piperidine rings is 1. The average molecular weight is 289 g/mol. The van der Waals surface area contributed by atoms with E-state index in [9.17, 15) is 0 Å². The van der Waals surface area contributed by atoms with Crippen LogP contribution in [0.4, 0.5) is 5.82 Å². The molecule has 2 heterocycles. The first-order valence-corrected chi connectivity index (χ1v) is 7.92. The highest BCUT2D eigenvalue weighted by Gasteiger charge is 2.16. The number of guanidine groups is 1. The second-order valence-electron chi connectivity index (χ2n) is 5.82. The minimum atomic E-state index is 0.506. The molecule has 5 heteroatoms. The highest BCUT2D eigenvalue weighted by molar-refractivity contribution is 5.77. The Kier molecular flexibility index (Phi) is 5.84. The zero-order chi connectivity index (χ0) is 15.1. The Bertz CT molecular complexity index is 446. The Morgan fingerprint density at radius 1 is 1.43 bits per heavy atom. The van der Waals surface area contributed by atoms with Crippen LogP contribution in [0.2, 0.25) is 0 Å². The van der Waals surface area contributed by atoms with E-state index in [1.54, 1.807) is 0 Å². The summed E-state index contributed by atoms with van der Waals surface area (Å²) < 4.78 is 0. The molecule has 21 heavy (non-hydrogen) atoms. The van der Waals surface area contributed by atoms with E-state index in [1.165, 1.54) is 12.8 Å². The quantitative estimate of drug-likeness (QED) is 0.644. The number of hydrogen-bond donors (Lipinski definition) is 2. The van der Waals surface area contributed by atoms with Gasteiger partial charge in [0, 0.05) is 25.8 Å². The van der Waals surface area contributed by atoms with Crippen LogP contribution >= 0.6 is 0 Å². The number of pyridine rings is 1. The lowest BCUT2D eigenvalue weighted by molar-refractivity contribution is 0.436. The van der Waals surface area contributed by atoms with E-state index in [0.717, 1.165) is 43.4 Å². The number of rotatable bonds is 5. The molecule has 1 aliphatic heterocycles. The van der Waals surface area contributed by atoms with Gasteiger partial charge in [-0.25, -0.2) is 9.98 Å². The van der Waals surface area contributed by atoms with Crippen molar-refractivity contribution in [3.8, 4) is 0 Å². The SMILES string of the molecule is CCCNC(N)=NCc1ccc(N2CCC(C)CC2)nc1. The van der Waals surface area contributed by atoms with E-state index >= 15 is 0 Å². The summed E-state index contributed by atoms with van der Waals surface area (Å²) in [5.41, 5.74) is 6.87. The van der Waals surface area contributed by atoms with Crippen molar-refractivity contribution in [2.75, 3.05) is 24.5 Å². The van der Waals surface area contributed by atoms with Gasteiger partial charge in [-0.3, -0.25) is 0 Å². The molecule has 116 valence electrons. The maximum absolute atomic E-state index is 5.78. The molecule has 0 aliphatic carbocycles. The summed E-state index contributed by atoms with van der Waals surface area (Å²) in [5, 5.41) is 3.07. The molecule has 5 nitrogen and oxygen atoms in total. The van der Waals surface area contributed by atoms with Gasteiger partial charge in [0.15, 0.2) is 5.96 Å². The molecule has 1 aromatic heterocycles. The first-order valence-electron chi connectivity index (χ1n) is 7.92. The Labute approximate surface area is 127 Å². The summed E-state index contributed by atoms with van der Waals surface area (Å²) in [4.78, 5) is 11.2. The Morgan fingerprint density at radius 3 is 2.81 bits per heavy atom. The molecule has 0 aromatic carbocycles. The summed E-state index contributed by atoms with van der Waals surface area (Å²) in [7, 11) is 0. The van der Waals surface area contributed by atoms with Gasteiger partial charge in [0.05, 0.1) is 6.54 Å². The Balaban J connectivity index is 1.87. The highest BCUT2D eigenvalue weighted by atomic mass is 15.2. The minimum Gasteiger partial charge on any atom is -0.370 e. The van der Waals surface area contributed by atoms with Crippen LogP contribution in [0.1, 0.15) is 38.7 Å². The molecule has 0 amide bonds. The lowest BCUT2D eigenvalue weighted by Gasteiger charge is -2.31. The van der Waals surface area contributed by atoms with Gasteiger partial charge in [-0.2, -0.15) is 0 Å².